The maximum Gasteiger partial charge on any atom is 0.290 e. The van der Waals surface area contributed by atoms with Crippen molar-refractivity contribution in [3.63, 3.8) is 0 Å². The van der Waals surface area contributed by atoms with Gasteiger partial charge < -0.3 is 9.47 Å². The Hall–Kier alpha value is -3.88. The summed E-state index contributed by atoms with van der Waals surface area (Å²) in [6.45, 7) is 2.28. The van der Waals surface area contributed by atoms with Crippen LogP contribution in [0, 0.1) is 0 Å². The van der Waals surface area contributed by atoms with Gasteiger partial charge in [0.1, 0.15) is 0 Å². The van der Waals surface area contributed by atoms with Gasteiger partial charge in [0.2, 0.25) is 0 Å². The number of rotatable bonds is 6. The van der Waals surface area contributed by atoms with Crippen LogP contribution in [0.1, 0.15) is 34.2 Å². The molecule has 0 bridgehead atoms. The zero-order chi connectivity index (χ0) is 21.7. The van der Waals surface area contributed by atoms with Crippen LogP contribution in [0.25, 0.3) is 10.8 Å². The van der Waals surface area contributed by atoms with Crippen LogP contribution in [0.2, 0.25) is 0 Å². The molecule has 1 aromatic heterocycles. The number of ether oxygens (including phenoxy) is 2. The van der Waals surface area contributed by atoms with Crippen molar-refractivity contribution in [1.82, 2.24) is 20.6 Å². The van der Waals surface area contributed by atoms with Crippen molar-refractivity contribution in [2.45, 2.75) is 19.9 Å². The maximum atomic E-state index is 12.8. The van der Waals surface area contributed by atoms with E-state index in [1.165, 1.54) is 25.0 Å². The predicted octanol–water partition coefficient (Wildman–Crippen LogP) is 1.90. The van der Waals surface area contributed by atoms with Crippen molar-refractivity contribution in [2.24, 2.45) is 0 Å². The third-order valence-corrected chi connectivity index (χ3v) is 4.46. The van der Waals surface area contributed by atoms with Crippen molar-refractivity contribution in [1.29, 1.82) is 0 Å². The monoisotopic (exact) mass is 410 g/mol. The molecule has 0 fully saturated rings. The minimum Gasteiger partial charge on any atom is -0.493 e. The molecule has 0 unspecified atom stereocenters. The van der Waals surface area contributed by atoms with Crippen LogP contribution in [-0.4, -0.2) is 35.8 Å². The highest BCUT2D eigenvalue weighted by molar-refractivity contribution is 6.06. The fourth-order valence-electron chi connectivity index (χ4n) is 3.07. The van der Waals surface area contributed by atoms with E-state index in [4.69, 9.17) is 9.47 Å². The molecule has 156 valence electrons. The molecule has 0 spiro atoms. The number of nitrogens with zero attached hydrogens (tertiary/aromatic N) is 2. The average Bonchev–Trinajstić information content (AvgIpc) is 2.78. The Morgan fingerprint density at radius 3 is 2.33 bits per heavy atom. The molecule has 0 aliphatic heterocycles. The number of aromatic nitrogens is 2. The topological polar surface area (TPSA) is 112 Å². The molecule has 0 aliphatic rings. The Labute approximate surface area is 172 Å². The van der Waals surface area contributed by atoms with Gasteiger partial charge in [-0.05, 0) is 24.6 Å². The van der Waals surface area contributed by atoms with E-state index in [1.54, 1.807) is 36.4 Å². The largest absolute Gasteiger partial charge is 0.493 e. The number of hydrazine groups is 1. The molecule has 0 saturated carbocycles. The first-order valence-electron chi connectivity index (χ1n) is 9.33. The molecule has 2 aromatic carbocycles. The molecule has 9 nitrogen and oxygen atoms in total. The summed E-state index contributed by atoms with van der Waals surface area (Å²) >= 11 is 0. The summed E-state index contributed by atoms with van der Waals surface area (Å²) in [4.78, 5) is 37.9. The molecule has 30 heavy (non-hydrogen) atoms. The second-order valence-electron chi connectivity index (χ2n) is 6.37. The Bertz CT molecular complexity index is 1160. The molecule has 0 atom stereocenters. The van der Waals surface area contributed by atoms with Gasteiger partial charge in [0.25, 0.3) is 17.4 Å². The molecule has 9 heteroatoms. The number of carbonyl (C=O) groups excluding carboxylic acids is 2. The van der Waals surface area contributed by atoms with Crippen LogP contribution in [0.4, 0.5) is 0 Å². The number of hydrogen-bond donors (Lipinski definition) is 2. The molecule has 3 aromatic rings. The number of benzene rings is 2. The van der Waals surface area contributed by atoms with Gasteiger partial charge in [0.15, 0.2) is 17.2 Å². The number of fused-ring (bicyclic) bond motifs is 1. The van der Waals surface area contributed by atoms with Gasteiger partial charge in [-0.1, -0.05) is 31.2 Å². The van der Waals surface area contributed by atoms with E-state index in [0.29, 0.717) is 29.5 Å². The Morgan fingerprint density at radius 2 is 1.67 bits per heavy atom. The Morgan fingerprint density at radius 1 is 0.967 bits per heavy atom. The fourth-order valence-corrected chi connectivity index (χ4v) is 3.07. The molecule has 2 N–H and O–H groups in total. The summed E-state index contributed by atoms with van der Waals surface area (Å²) in [5.74, 6) is -0.612. The summed E-state index contributed by atoms with van der Waals surface area (Å²) in [6.07, 6.45) is 0.679. The first-order chi connectivity index (χ1) is 14.5. The predicted molar refractivity (Wildman–Crippen MR) is 111 cm³/mol. The van der Waals surface area contributed by atoms with Crippen LogP contribution in [0.3, 0.4) is 0 Å². The van der Waals surface area contributed by atoms with E-state index in [2.05, 4.69) is 16.0 Å². The van der Waals surface area contributed by atoms with E-state index in [0.717, 1.165) is 0 Å². The Kier molecular flexibility index (Phi) is 6.31. The summed E-state index contributed by atoms with van der Waals surface area (Å²) in [5, 5.41) is 4.98. The van der Waals surface area contributed by atoms with E-state index >= 15 is 0 Å². The van der Waals surface area contributed by atoms with Crippen LogP contribution in [-0.2, 0) is 6.54 Å². The van der Waals surface area contributed by atoms with Crippen LogP contribution >= 0.6 is 0 Å². The van der Waals surface area contributed by atoms with Gasteiger partial charge in [-0.2, -0.15) is 5.10 Å². The van der Waals surface area contributed by atoms with E-state index in [9.17, 15) is 14.4 Å². The average molecular weight is 410 g/mol. The molecule has 1 heterocycles. The highest BCUT2D eigenvalue weighted by atomic mass is 16.5. The van der Waals surface area contributed by atoms with E-state index < -0.39 is 11.8 Å². The molecule has 0 aliphatic carbocycles. The lowest BCUT2D eigenvalue weighted by molar-refractivity contribution is 0.0841. The third-order valence-electron chi connectivity index (χ3n) is 4.46. The van der Waals surface area contributed by atoms with Gasteiger partial charge in [0, 0.05) is 11.9 Å². The highest BCUT2D eigenvalue weighted by Gasteiger charge is 2.20. The fraction of sp³-hybridized carbons (Fsp3) is 0.238. The van der Waals surface area contributed by atoms with Crippen molar-refractivity contribution >= 4 is 22.6 Å². The zero-order valence-corrected chi connectivity index (χ0v) is 16.9. The summed E-state index contributed by atoms with van der Waals surface area (Å²) in [7, 11) is 2.88. The lowest BCUT2D eigenvalue weighted by Crippen LogP contribution is -2.43. The van der Waals surface area contributed by atoms with Crippen molar-refractivity contribution in [2.75, 3.05) is 14.2 Å². The normalized spacial score (nSPS) is 10.5. The van der Waals surface area contributed by atoms with Crippen molar-refractivity contribution in [3.05, 3.63) is 64.1 Å². The third kappa shape index (κ3) is 3.95. The van der Waals surface area contributed by atoms with Crippen LogP contribution < -0.4 is 25.9 Å². The standard InChI is InChI=1S/C21H22N4O5/c1-4-12-25-21(28)14-9-6-5-8-13(14)17(24-25)20(27)23-22-19(26)15-10-7-11-16(29-2)18(15)30-3/h5-11H,4,12H2,1-3H3,(H,22,26)(H,23,27). The van der Waals surface area contributed by atoms with Crippen molar-refractivity contribution in [3.8, 4) is 11.5 Å². The number of methoxy groups -OCH3 is 2. The number of para-hydroxylation sites is 1. The van der Waals surface area contributed by atoms with Gasteiger partial charge >= 0.3 is 0 Å². The minimum absolute atomic E-state index is 0.0385. The second kappa shape index (κ2) is 9.08. The van der Waals surface area contributed by atoms with Gasteiger partial charge in [-0.25, -0.2) is 4.68 Å². The smallest absolute Gasteiger partial charge is 0.290 e. The van der Waals surface area contributed by atoms with Crippen molar-refractivity contribution < 1.29 is 19.1 Å². The minimum atomic E-state index is -0.647. The lowest BCUT2D eigenvalue weighted by Gasteiger charge is -2.14. The highest BCUT2D eigenvalue weighted by Crippen LogP contribution is 2.30. The molecular weight excluding hydrogens is 388 g/mol. The Balaban J connectivity index is 1.89. The van der Waals surface area contributed by atoms with Crippen LogP contribution in [0.5, 0.6) is 11.5 Å². The summed E-state index contributed by atoms with van der Waals surface area (Å²) in [6, 6.07) is 11.5. The first kappa shape index (κ1) is 20.8. The van der Waals surface area contributed by atoms with Crippen LogP contribution in [0.15, 0.2) is 47.3 Å². The lowest BCUT2D eigenvalue weighted by atomic mass is 10.1. The van der Waals surface area contributed by atoms with E-state index in [1.807, 2.05) is 6.92 Å². The number of aryl methyl sites for hydroxylation is 1. The number of hydrogen-bond acceptors (Lipinski definition) is 6. The molecule has 0 saturated heterocycles. The number of nitrogens with one attached hydrogen (secondary N) is 2. The molecule has 0 radical (unpaired) electrons. The summed E-state index contributed by atoms with van der Waals surface area (Å²) < 4.78 is 11.7. The SMILES string of the molecule is CCCn1nc(C(=O)NNC(=O)c2cccc(OC)c2OC)c2ccccc2c1=O. The first-order valence-corrected chi connectivity index (χ1v) is 9.33. The summed E-state index contributed by atoms with van der Waals surface area (Å²) in [5.41, 5.74) is 4.66. The maximum absolute atomic E-state index is 12.8. The van der Waals surface area contributed by atoms with E-state index in [-0.39, 0.29) is 22.6 Å². The van der Waals surface area contributed by atoms with Gasteiger partial charge in [0.05, 0.1) is 25.2 Å². The number of amides is 2. The number of carbonyl (C=O) groups is 2. The molecular formula is C21H22N4O5. The molecule has 3 rings (SSSR count). The quantitative estimate of drug-likeness (QED) is 0.601. The van der Waals surface area contributed by atoms with Gasteiger partial charge in [-0.3, -0.25) is 25.2 Å². The van der Waals surface area contributed by atoms with Gasteiger partial charge in [-0.15, -0.1) is 0 Å². The zero-order valence-electron chi connectivity index (χ0n) is 16.9. The molecule has 2 amide bonds. The second-order valence-corrected chi connectivity index (χ2v) is 6.37.